The SMILES string of the molecule is Cc1ccc(C)c(N2CCN([C@@H](c3cc4cccc(C)c4[nH]c3=O)c3nnnn3Cc3ccccc3)CC2)c1. The van der Waals surface area contributed by atoms with Gasteiger partial charge >= 0.3 is 0 Å². The van der Waals surface area contributed by atoms with Crippen LogP contribution in [0.15, 0.2) is 77.6 Å². The van der Waals surface area contributed by atoms with Gasteiger partial charge in [0.05, 0.1) is 12.1 Å². The number of hydrogen-bond donors (Lipinski definition) is 1. The molecule has 8 nitrogen and oxygen atoms in total. The summed E-state index contributed by atoms with van der Waals surface area (Å²) in [5.41, 5.74) is 7.39. The Hall–Kier alpha value is -4.30. The molecule has 0 radical (unpaired) electrons. The Morgan fingerprint density at radius 3 is 2.46 bits per heavy atom. The fraction of sp³-hybridized carbons (Fsp3) is 0.290. The van der Waals surface area contributed by atoms with Crippen LogP contribution in [-0.4, -0.2) is 56.3 Å². The summed E-state index contributed by atoms with van der Waals surface area (Å²) >= 11 is 0. The van der Waals surface area contributed by atoms with Crippen molar-refractivity contribution in [3.8, 4) is 0 Å². The number of para-hydroxylation sites is 1. The summed E-state index contributed by atoms with van der Waals surface area (Å²) in [6, 6.07) is 24.5. The zero-order valence-corrected chi connectivity index (χ0v) is 22.6. The highest BCUT2D eigenvalue weighted by molar-refractivity contribution is 5.82. The Morgan fingerprint density at radius 2 is 1.67 bits per heavy atom. The molecule has 1 aliphatic heterocycles. The van der Waals surface area contributed by atoms with Crippen LogP contribution in [-0.2, 0) is 6.54 Å². The van der Waals surface area contributed by atoms with Gasteiger partial charge in [0.2, 0.25) is 0 Å². The highest BCUT2D eigenvalue weighted by Crippen LogP contribution is 2.30. The van der Waals surface area contributed by atoms with Crippen molar-refractivity contribution < 1.29 is 0 Å². The second-order valence-electron chi connectivity index (χ2n) is 10.5. The maximum absolute atomic E-state index is 13.6. The summed E-state index contributed by atoms with van der Waals surface area (Å²) in [7, 11) is 0. The number of nitrogens with one attached hydrogen (secondary N) is 1. The number of benzene rings is 3. The number of aromatic nitrogens is 5. The molecular weight excluding hydrogens is 486 g/mol. The standard InChI is InChI=1S/C31H33N7O/c1-21-12-13-22(2)27(18-21)36-14-16-37(17-15-36)29(26-19-25-11-7-8-23(3)28(25)32-31(26)39)30-33-34-35-38(30)20-24-9-5-4-6-10-24/h4-13,18-19,29H,14-17,20H2,1-3H3,(H,32,39)/t29-/m0/s1. The largest absolute Gasteiger partial charge is 0.369 e. The molecule has 3 heterocycles. The van der Waals surface area contributed by atoms with Crippen molar-refractivity contribution in [2.45, 2.75) is 33.4 Å². The molecule has 5 aromatic rings. The van der Waals surface area contributed by atoms with Gasteiger partial charge in [-0.25, -0.2) is 4.68 Å². The lowest BCUT2D eigenvalue weighted by Gasteiger charge is -2.40. The monoisotopic (exact) mass is 519 g/mol. The number of piperazine rings is 1. The smallest absolute Gasteiger partial charge is 0.253 e. The van der Waals surface area contributed by atoms with Crippen LogP contribution >= 0.6 is 0 Å². The predicted molar refractivity (Wildman–Crippen MR) is 154 cm³/mol. The van der Waals surface area contributed by atoms with Crippen molar-refractivity contribution in [3.63, 3.8) is 0 Å². The molecule has 1 atom stereocenters. The highest BCUT2D eigenvalue weighted by Gasteiger charge is 2.33. The third kappa shape index (κ3) is 4.95. The van der Waals surface area contributed by atoms with Crippen LogP contribution in [0, 0.1) is 20.8 Å². The highest BCUT2D eigenvalue weighted by atomic mass is 16.1. The molecule has 2 aromatic heterocycles. The lowest BCUT2D eigenvalue weighted by atomic mass is 10.0. The molecule has 0 spiro atoms. The van der Waals surface area contributed by atoms with Crippen molar-refractivity contribution in [3.05, 3.63) is 117 Å². The first-order valence-corrected chi connectivity index (χ1v) is 13.5. The number of aryl methyl sites for hydroxylation is 3. The fourth-order valence-electron chi connectivity index (χ4n) is 5.66. The molecule has 6 rings (SSSR count). The van der Waals surface area contributed by atoms with Crippen molar-refractivity contribution in [2.24, 2.45) is 0 Å². The molecule has 3 aromatic carbocycles. The van der Waals surface area contributed by atoms with Gasteiger partial charge < -0.3 is 9.88 Å². The minimum absolute atomic E-state index is 0.104. The second-order valence-corrected chi connectivity index (χ2v) is 10.5. The van der Waals surface area contributed by atoms with Gasteiger partial charge in [0.1, 0.15) is 6.04 Å². The molecule has 1 N–H and O–H groups in total. The van der Waals surface area contributed by atoms with Gasteiger partial charge in [-0.2, -0.15) is 0 Å². The molecule has 198 valence electrons. The molecule has 8 heteroatoms. The average molecular weight is 520 g/mol. The maximum atomic E-state index is 13.6. The van der Waals surface area contributed by atoms with E-state index in [-0.39, 0.29) is 11.6 Å². The van der Waals surface area contributed by atoms with Crippen LogP contribution in [0.4, 0.5) is 5.69 Å². The Kier molecular flexibility index (Phi) is 6.70. The summed E-state index contributed by atoms with van der Waals surface area (Å²) in [4.78, 5) is 21.6. The molecule has 1 saturated heterocycles. The van der Waals surface area contributed by atoms with E-state index < -0.39 is 0 Å². The van der Waals surface area contributed by atoms with E-state index in [2.05, 4.69) is 74.5 Å². The van der Waals surface area contributed by atoms with Gasteiger partial charge in [0.15, 0.2) is 5.82 Å². The normalized spacial score (nSPS) is 15.1. The average Bonchev–Trinajstić information content (AvgIpc) is 3.39. The van der Waals surface area contributed by atoms with E-state index in [0.717, 1.165) is 48.2 Å². The van der Waals surface area contributed by atoms with Crippen molar-refractivity contribution in [1.29, 1.82) is 0 Å². The number of aromatic amines is 1. The van der Waals surface area contributed by atoms with Crippen molar-refractivity contribution in [2.75, 3.05) is 31.1 Å². The van der Waals surface area contributed by atoms with E-state index in [1.807, 2.05) is 54.1 Å². The predicted octanol–water partition coefficient (Wildman–Crippen LogP) is 4.40. The van der Waals surface area contributed by atoms with Gasteiger partial charge in [-0.05, 0) is 71.0 Å². The molecule has 0 aliphatic carbocycles. The minimum Gasteiger partial charge on any atom is -0.369 e. The number of tetrazole rings is 1. The van der Waals surface area contributed by atoms with Crippen LogP contribution in [0.3, 0.4) is 0 Å². The van der Waals surface area contributed by atoms with Crippen molar-refractivity contribution in [1.82, 2.24) is 30.1 Å². The zero-order valence-electron chi connectivity index (χ0n) is 22.6. The molecule has 1 fully saturated rings. The first-order chi connectivity index (χ1) is 19.0. The second kappa shape index (κ2) is 10.5. The van der Waals surface area contributed by atoms with E-state index in [1.54, 1.807) is 0 Å². The molecule has 0 unspecified atom stereocenters. The first-order valence-electron chi connectivity index (χ1n) is 13.5. The van der Waals surface area contributed by atoms with E-state index in [1.165, 1.54) is 16.8 Å². The number of nitrogens with zero attached hydrogens (tertiary/aromatic N) is 6. The molecule has 39 heavy (non-hydrogen) atoms. The van der Waals surface area contributed by atoms with Crippen molar-refractivity contribution >= 4 is 16.6 Å². The topological polar surface area (TPSA) is 82.9 Å². The fourth-order valence-corrected chi connectivity index (χ4v) is 5.66. The Morgan fingerprint density at radius 1 is 0.872 bits per heavy atom. The first kappa shape index (κ1) is 25.0. The number of pyridine rings is 1. The van der Waals surface area contributed by atoms with Crippen LogP contribution in [0.1, 0.15) is 39.7 Å². The molecule has 1 aliphatic rings. The quantitative estimate of drug-likeness (QED) is 0.358. The summed E-state index contributed by atoms with van der Waals surface area (Å²) in [5, 5.41) is 13.9. The number of rotatable bonds is 6. The summed E-state index contributed by atoms with van der Waals surface area (Å²) in [6.07, 6.45) is 0. The molecule has 0 amide bonds. The van der Waals surface area contributed by atoms with Crippen LogP contribution < -0.4 is 10.5 Å². The van der Waals surface area contributed by atoms with Gasteiger partial charge in [0, 0.05) is 37.4 Å². The number of H-pyrrole nitrogens is 1. The maximum Gasteiger partial charge on any atom is 0.253 e. The van der Waals surface area contributed by atoms with E-state index in [4.69, 9.17) is 0 Å². The van der Waals surface area contributed by atoms with E-state index >= 15 is 0 Å². The van der Waals surface area contributed by atoms with Gasteiger partial charge in [-0.1, -0.05) is 60.7 Å². The Labute approximate surface area is 227 Å². The van der Waals surface area contributed by atoms with Gasteiger partial charge in [-0.3, -0.25) is 9.69 Å². The van der Waals surface area contributed by atoms with Crippen LogP contribution in [0.5, 0.6) is 0 Å². The summed E-state index contributed by atoms with van der Waals surface area (Å²) in [5.74, 6) is 0.677. The third-order valence-corrected chi connectivity index (χ3v) is 7.78. The lowest BCUT2D eigenvalue weighted by molar-refractivity contribution is 0.200. The number of anilines is 1. The number of hydrogen-bond acceptors (Lipinski definition) is 6. The van der Waals surface area contributed by atoms with E-state index in [0.29, 0.717) is 17.9 Å². The lowest BCUT2D eigenvalue weighted by Crippen LogP contribution is -2.49. The third-order valence-electron chi connectivity index (χ3n) is 7.78. The molecular formula is C31H33N7O. The van der Waals surface area contributed by atoms with Gasteiger partial charge in [-0.15, -0.1) is 5.10 Å². The Balaban J connectivity index is 1.39. The number of fused-ring (bicyclic) bond motifs is 1. The Bertz CT molecular complexity index is 1670. The summed E-state index contributed by atoms with van der Waals surface area (Å²) in [6.45, 7) is 10.1. The van der Waals surface area contributed by atoms with E-state index in [9.17, 15) is 4.79 Å². The minimum atomic E-state index is -0.377. The zero-order chi connectivity index (χ0) is 26.9. The van der Waals surface area contributed by atoms with Crippen LogP contribution in [0.2, 0.25) is 0 Å². The van der Waals surface area contributed by atoms with Crippen LogP contribution in [0.25, 0.3) is 10.9 Å². The molecule has 0 bridgehead atoms. The summed E-state index contributed by atoms with van der Waals surface area (Å²) < 4.78 is 1.83. The molecule has 0 saturated carbocycles. The van der Waals surface area contributed by atoms with Gasteiger partial charge in [0.25, 0.3) is 5.56 Å².